The zero-order valence-corrected chi connectivity index (χ0v) is 8.36. The number of fused-ring (bicyclic) bond motifs is 1. The molecule has 1 atom stereocenters. The van der Waals surface area contributed by atoms with Crippen LogP contribution in [-0.4, -0.2) is 52.9 Å². The van der Waals surface area contributed by atoms with E-state index in [1.54, 1.807) is 6.07 Å². The van der Waals surface area contributed by atoms with E-state index in [-0.39, 0.29) is 35.3 Å². The third-order valence-corrected chi connectivity index (χ3v) is 2.30. The molecule has 0 aromatic heterocycles. The predicted octanol–water partition coefficient (Wildman–Crippen LogP) is 1.83. The van der Waals surface area contributed by atoms with E-state index in [4.69, 9.17) is 9.84 Å². The standard InChI is InChI=1S/C11H7F3O3.Na.H/c12-11(13,14)9-7(10(15)16)5-6-3-1-2-4-8(6)17-9;;/h1-5,9H,(H,15,16);;. The Bertz CT molecular complexity index is 497. The molecule has 0 radical (unpaired) electrons. The Morgan fingerprint density at radius 2 is 1.89 bits per heavy atom. The van der Waals surface area contributed by atoms with Crippen LogP contribution in [0.5, 0.6) is 5.75 Å². The Morgan fingerprint density at radius 3 is 2.44 bits per heavy atom. The van der Waals surface area contributed by atoms with Crippen LogP contribution in [0.3, 0.4) is 0 Å². The number of alkyl halides is 3. The van der Waals surface area contributed by atoms with Crippen LogP contribution in [0, 0.1) is 0 Å². The van der Waals surface area contributed by atoms with Gasteiger partial charge in [0.05, 0.1) is 5.57 Å². The number of hydrogen-bond acceptors (Lipinski definition) is 2. The van der Waals surface area contributed by atoms with Crippen molar-refractivity contribution in [3.8, 4) is 5.75 Å². The molecular formula is C11H8F3NaO3. The molecule has 1 aromatic carbocycles. The van der Waals surface area contributed by atoms with Crippen molar-refractivity contribution in [1.29, 1.82) is 0 Å². The second-order valence-corrected chi connectivity index (χ2v) is 3.48. The molecule has 3 nitrogen and oxygen atoms in total. The first kappa shape index (κ1) is 15.1. The van der Waals surface area contributed by atoms with Crippen molar-refractivity contribution >= 4 is 41.6 Å². The van der Waals surface area contributed by atoms with Gasteiger partial charge in [-0.05, 0) is 12.1 Å². The minimum absolute atomic E-state index is 0. The molecule has 0 spiro atoms. The summed E-state index contributed by atoms with van der Waals surface area (Å²) >= 11 is 0. The summed E-state index contributed by atoms with van der Waals surface area (Å²) < 4.78 is 42.5. The van der Waals surface area contributed by atoms with Gasteiger partial charge in [0.1, 0.15) is 5.75 Å². The van der Waals surface area contributed by atoms with E-state index in [2.05, 4.69) is 0 Å². The number of halogens is 3. The fraction of sp³-hybridized carbons (Fsp3) is 0.182. The molecule has 1 aliphatic heterocycles. The van der Waals surface area contributed by atoms with Crippen LogP contribution >= 0.6 is 0 Å². The summed E-state index contributed by atoms with van der Waals surface area (Å²) in [6, 6.07) is 5.96. The number of benzene rings is 1. The first-order chi connectivity index (χ1) is 7.89. The number of para-hydroxylation sites is 1. The van der Waals surface area contributed by atoms with E-state index in [9.17, 15) is 18.0 Å². The normalized spacial score (nSPS) is 17.9. The van der Waals surface area contributed by atoms with E-state index < -0.39 is 23.8 Å². The summed E-state index contributed by atoms with van der Waals surface area (Å²) in [6.45, 7) is 0. The summed E-state index contributed by atoms with van der Waals surface area (Å²) in [4.78, 5) is 10.8. The van der Waals surface area contributed by atoms with Crippen molar-refractivity contribution in [2.24, 2.45) is 0 Å². The van der Waals surface area contributed by atoms with Crippen LogP contribution in [0.2, 0.25) is 0 Å². The zero-order valence-electron chi connectivity index (χ0n) is 8.36. The maximum absolute atomic E-state index is 12.6. The Kier molecular flexibility index (Phi) is 4.47. The number of carboxylic acid groups (broad SMARTS) is 1. The fourth-order valence-electron chi connectivity index (χ4n) is 1.56. The second-order valence-electron chi connectivity index (χ2n) is 3.48. The molecule has 1 aliphatic rings. The predicted molar refractivity (Wildman–Crippen MR) is 59.7 cm³/mol. The summed E-state index contributed by atoms with van der Waals surface area (Å²) in [5, 5.41) is 8.75. The average Bonchev–Trinajstić information content (AvgIpc) is 2.26. The Morgan fingerprint density at radius 1 is 1.28 bits per heavy atom. The first-order valence-electron chi connectivity index (χ1n) is 4.67. The number of carboxylic acids is 1. The third kappa shape index (κ3) is 2.88. The van der Waals surface area contributed by atoms with Gasteiger partial charge in [-0.25, -0.2) is 4.79 Å². The van der Waals surface area contributed by atoms with E-state index >= 15 is 0 Å². The third-order valence-electron chi connectivity index (χ3n) is 2.30. The molecule has 0 fully saturated rings. The van der Waals surface area contributed by atoms with Gasteiger partial charge in [-0.2, -0.15) is 13.2 Å². The summed E-state index contributed by atoms with van der Waals surface area (Å²) in [5.41, 5.74) is -0.485. The summed E-state index contributed by atoms with van der Waals surface area (Å²) in [5.74, 6) is -1.61. The number of ether oxygens (including phenoxy) is 1. The van der Waals surface area contributed by atoms with Gasteiger partial charge in [-0.1, -0.05) is 18.2 Å². The molecule has 1 unspecified atom stereocenters. The second kappa shape index (κ2) is 5.34. The van der Waals surface area contributed by atoms with Crippen molar-refractivity contribution in [1.82, 2.24) is 0 Å². The number of aliphatic carboxylic acids is 1. The Hall–Kier alpha value is -0.980. The molecule has 1 heterocycles. The van der Waals surface area contributed by atoms with E-state index in [1.807, 2.05) is 0 Å². The minimum atomic E-state index is -4.75. The molecule has 0 amide bonds. The van der Waals surface area contributed by atoms with Gasteiger partial charge >= 0.3 is 41.7 Å². The van der Waals surface area contributed by atoms with Gasteiger partial charge in [-0.15, -0.1) is 0 Å². The van der Waals surface area contributed by atoms with Crippen molar-refractivity contribution in [3.63, 3.8) is 0 Å². The quantitative estimate of drug-likeness (QED) is 0.790. The van der Waals surface area contributed by atoms with Crippen LogP contribution in [-0.2, 0) is 4.79 Å². The molecule has 1 aromatic rings. The molecule has 0 aliphatic carbocycles. The molecule has 7 heteroatoms. The van der Waals surface area contributed by atoms with Gasteiger partial charge in [0, 0.05) is 5.56 Å². The molecule has 2 rings (SSSR count). The molecule has 0 saturated carbocycles. The molecule has 1 N–H and O–H groups in total. The van der Waals surface area contributed by atoms with E-state index in [0.29, 0.717) is 5.56 Å². The number of carbonyl (C=O) groups is 1. The molecule has 92 valence electrons. The van der Waals surface area contributed by atoms with E-state index in [0.717, 1.165) is 6.08 Å². The molecular weight excluding hydrogens is 260 g/mol. The van der Waals surface area contributed by atoms with Crippen LogP contribution in [0.1, 0.15) is 5.56 Å². The monoisotopic (exact) mass is 268 g/mol. The Balaban J connectivity index is 0.00000162. The van der Waals surface area contributed by atoms with Crippen molar-refractivity contribution in [3.05, 3.63) is 35.4 Å². The van der Waals surface area contributed by atoms with Crippen LogP contribution in [0.4, 0.5) is 13.2 Å². The topological polar surface area (TPSA) is 46.5 Å². The summed E-state index contributed by atoms with van der Waals surface area (Å²) in [7, 11) is 0. The first-order valence-corrected chi connectivity index (χ1v) is 4.67. The average molecular weight is 268 g/mol. The summed E-state index contributed by atoms with van der Waals surface area (Å²) in [6.07, 6.45) is -6.19. The Labute approximate surface area is 123 Å². The van der Waals surface area contributed by atoms with Gasteiger partial charge in [0.2, 0.25) is 6.10 Å². The molecule has 18 heavy (non-hydrogen) atoms. The molecule has 0 bridgehead atoms. The van der Waals surface area contributed by atoms with Gasteiger partial charge in [-0.3, -0.25) is 0 Å². The molecule has 0 saturated heterocycles. The van der Waals surface area contributed by atoms with Crippen LogP contribution in [0.15, 0.2) is 29.8 Å². The van der Waals surface area contributed by atoms with Crippen LogP contribution in [0.25, 0.3) is 6.08 Å². The maximum atomic E-state index is 12.6. The van der Waals surface area contributed by atoms with Gasteiger partial charge < -0.3 is 9.84 Å². The van der Waals surface area contributed by atoms with Crippen LogP contribution < -0.4 is 4.74 Å². The fourth-order valence-corrected chi connectivity index (χ4v) is 1.56. The zero-order chi connectivity index (χ0) is 12.6. The van der Waals surface area contributed by atoms with Crippen molar-refractivity contribution in [2.75, 3.05) is 0 Å². The number of hydrogen-bond donors (Lipinski definition) is 1. The SMILES string of the molecule is O=C(O)C1=Cc2ccccc2OC1C(F)(F)F.[NaH]. The number of rotatable bonds is 1. The van der Waals surface area contributed by atoms with Crippen molar-refractivity contribution in [2.45, 2.75) is 12.3 Å². The van der Waals surface area contributed by atoms with E-state index in [1.165, 1.54) is 18.2 Å². The van der Waals surface area contributed by atoms with Gasteiger partial charge in [0.15, 0.2) is 0 Å². The van der Waals surface area contributed by atoms with Gasteiger partial charge in [0.25, 0.3) is 0 Å². The van der Waals surface area contributed by atoms with Crippen molar-refractivity contribution < 1.29 is 27.8 Å².